The number of carbonyl (C=O) groups excluding carboxylic acids is 1. The summed E-state index contributed by atoms with van der Waals surface area (Å²) in [7, 11) is 2.06. The van der Waals surface area contributed by atoms with Crippen LogP contribution in [-0.2, 0) is 0 Å². The molecule has 0 saturated carbocycles. The number of amides is 1. The smallest absolute Gasteiger partial charge is 0.272 e. The summed E-state index contributed by atoms with van der Waals surface area (Å²) in [6, 6.07) is 3.39. The molecule has 3 N–H and O–H groups in total. The Morgan fingerprint density at radius 2 is 2.24 bits per heavy atom. The summed E-state index contributed by atoms with van der Waals surface area (Å²) in [4.78, 5) is 20.8. The van der Waals surface area contributed by atoms with Crippen molar-refractivity contribution >= 4 is 11.7 Å². The predicted octanol–water partition coefficient (Wildman–Crippen LogP) is 0.342. The number of oxime groups is 1. The van der Waals surface area contributed by atoms with Crippen LogP contribution in [0, 0.1) is 0 Å². The van der Waals surface area contributed by atoms with Crippen molar-refractivity contribution in [2.45, 2.75) is 19.4 Å². The SMILES string of the molecule is CC1CN(C)CCCN1C(=O)c1ccc(/C(N)=N/O)cn1. The van der Waals surface area contributed by atoms with Crippen molar-refractivity contribution in [3.63, 3.8) is 0 Å². The van der Waals surface area contributed by atoms with Crippen LogP contribution in [0.3, 0.4) is 0 Å². The van der Waals surface area contributed by atoms with E-state index in [9.17, 15) is 4.79 Å². The van der Waals surface area contributed by atoms with Gasteiger partial charge >= 0.3 is 0 Å². The third-order valence-corrected chi connectivity index (χ3v) is 3.69. The van der Waals surface area contributed by atoms with Crippen molar-refractivity contribution in [1.29, 1.82) is 0 Å². The summed E-state index contributed by atoms with van der Waals surface area (Å²) < 4.78 is 0. The largest absolute Gasteiger partial charge is 0.409 e. The van der Waals surface area contributed by atoms with Gasteiger partial charge in [-0.1, -0.05) is 5.16 Å². The first kappa shape index (κ1) is 15.2. The van der Waals surface area contributed by atoms with E-state index in [2.05, 4.69) is 22.1 Å². The van der Waals surface area contributed by atoms with Crippen LogP contribution in [0.2, 0.25) is 0 Å². The molecule has 7 nitrogen and oxygen atoms in total. The molecule has 1 aliphatic rings. The summed E-state index contributed by atoms with van der Waals surface area (Å²) in [6.07, 6.45) is 2.39. The number of nitrogens with two attached hydrogens (primary N) is 1. The van der Waals surface area contributed by atoms with Gasteiger partial charge in [0.2, 0.25) is 0 Å². The molecule has 0 bridgehead atoms. The molecule has 21 heavy (non-hydrogen) atoms. The summed E-state index contributed by atoms with van der Waals surface area (Å²) >= 11 is 0. The Hall–Kier alpha value is -2.15. The van der Waals surface area contributed by atoms with Gasteiger partial charge in [0, 0.05) is 30.9 Å². The number of aromatic nitrogens is 1. The minimum Gasteiger partial charge on any atom is -0.409 e. The van der Waals surface area contributed by atoms with E-state index in [0.29, 0.717) is 11.3 Å². The summed E-state index contributed by atoms with van der Waals surface area (Å²) in [5.74, 6) is -0.102. The van der Waals surface area contributed by atoms with Crippen LogP contribution in [-0.4, -0.2) is 64.5 Å². The van der Waals surface area contributed by atoms with Gasteiger partial charge in [0.05, 0.1) is 0 Å². The Balaban J connectivity index is 2.15. The minimum atomic E-state index is -0.0798. The lowest BCUT2D eigenvalue weighted by atomic mass is 10.2. The molecule has 1 amide bonds. The molecule has 2 heterocycles. The van der Waals surface area contributed by atoms with E-state index < -0.39 is 0 Å². The van der Waals surface area contributed by atoms with Crippen LogP contribution in [0.4, 0.5) is 0 Å². The van der Waals surface area contributed by atoms with E-state index in [1.165, 1.54) is 6.20 Å². The normalized spacial score (nSPS) is 21.1. The molecule has 1 aromatic rings. The number of amidine groups is 1. The van der Waals surface area contributed by atoms with E-state index in [4.69, 9.17) is 10.9 Å². The molecule has 7 heteroatoms. The van der Waals surface area contributed by atoms with E-state index >= 15 is 0 Å². The van der Waals surface area contributed by atoms with Gasteiger partial charge in [0.15, 0.2) is 5.84 Å². The van der Waals surface area contributed by atoms with E-state index in [1.54, 1.807) is 12.1 Å². The number of pyridine rings is 1. The van der Waals surface area contributed by atoms with Crippen molar-refractivity contribution in [3.05, 3.63) is 29.6 Å². The highest BCUT2D eigenvalue weighted by molar-refractivity contribution is 5.98. The molecule has 1 unspecified atom stereocenters. The molecule has 0 spiro atoms. The molecule has 1 atom stereocenters. The zero-order valence-corrected chi connectivity index (χ0v) is 12.4. The molecule has 1 fully saturated rings. The average Bonchev–Trinajstić information content (AvgIpc) is 2.66. The van der Waals surface area contributed by atoms with E-state index in [0.717, 1.165) is 26.1 Å². The minimum absolute atomic E-state index is 0.0220. The fraction of sp³-hybridized carbons (Fsp3) is 0.500. The molecule has 1 aliphatic heterocycles. The highest BCUT2D eigenvalue weighted by atomic mass is 16.4. The quantitative estimate of drug-likeness (QED) is 0.355. The van der Waals surface area contributed by atoms with Gasteiger partial charge in [-0.2, -0.15) is 0 Å². The van der Waals surface area contributed by atoms with Crippen molar-refractivity contribution in [3.8, 4) is 0 Å². The Labute approximate surface area is 124 Å². The standard InChI is InChI=1S/C14H21N5O2/c1-10-9-18(2)6-3-7-19(10)14(20)12-5-4-11(8-16-12)13(15)17-21/h4-5,8,10,21H,3,6-7,9H2,1-2H3,(H2,15,17). The highest BCUT2D eigenvalue weighted by Gasteiger charge is 2.25. The monoisotopic (exact) mass is 291 g/mol. The zero-order valence-electron chi connectivity index (χ0n) is 12.4. The van der Waals surface area contributed by atoms with Gasteiger partial charge in [-0.05, 0) is 39.1 Å². The lowest BCUT2D eigenvalue weighted by Crippen LogP contribution is -2.42. The van der Waals surface area contributed by atoms with Crippen LogP contribution in [0.1, 0.15) is 29.4 Å². The van der Waals surface area contributed by atoms with Gasteiger partial charge in [0.25, 0.3) is 5.91 Å². The fourth-order valence-corrected chi connectivity index (χ4v) is 2.55. The van der Waals surface area contributed by atoms with Crippen LogP contribution >= 0.6 is 0 Å². The molecule has 1 aromatic heterocycles. The number of rotatable bonds is 2. The fourth-order valence-electron chi connectivity index (χ4n) is 2.55. The Morgan fingerprint density at radius 1 is 1.48 bits per heavy atom. The summed E-state index contributed by atoms with van der Waals surface area (Å²) in [5, 5.41) is 11.5. The Bertz CT molecular complexity index is 529. The molecule has 0 aliphatic carbocycles. The maximum atomic E-state index is 12.6. The van der Waals surface area contributed by atoms with Crippen molar-refractivity contribution in [2.75, 3.05) is 26.7 Å². The van der Waals surface area contributed by atoms with E-state index in [1.807, 2.05) is 11.8 Å². The molecule has 2 rings (SSSR count). The number of hydrogen-bond acceptors (Lipinski definition) is 5. The Morgan fingerprint density at radius 3 is 2.86 bits per heavy atom. The lowest BCUT2D eigenvalue weighted by molar-refractivity contribution is 0.0690. The third kappa shape index (κ3) is 3.49. The maximum absolute atomic E-state index is 12.6. The van der Waals surface area contributed by atoms with Gasteiger partial charge in [-0.3, -0.25) is 9.78 Å². The van der Waals surface area contributed by atoms with E-state index in [-0.39, 0.29) is 17.8 Å². The summed E-state index contributed by atoms with van der Waals surface area (Å²) in [6.45, 7) is 4.62. The van der Waals surface area contributed by atoms with Crippen molar-refractivity contribution < 1.29 is 10.0 Å². The topological polar surface area (TPSA) is 95.0 Å². The Kier molecular flexibility index (Phi) is 4.74. The number of likely N-dealkylation sites (N-methyl/N-ethyl adjacent to an activating group) is 1. The second kappa shape index (κ2) is 6.53. The first-order valence-electron chi connectivity index (χ1n) is 6.96. The average molecular weight is 291 g/mol. The molecule has 0 radical (unpaired) electrons. The van der Waals surface area contributed by atoms with Gasteiger partial charge in [0.1, 0.15) is 5.69 Å². The van der Waals surface area contributed by atoms with Crippen LogP contribution in [0.25, 0.3) is 0 Å². The van der Waals surface area contributed by atoms with Crippen LogP contribution in [0.15, 0.2) is 23.5 Å². The predicted molar refractivity (Wildman–Crippen MR) is 79.4 cm³/mol. The molecular weight excluding hydrogens is 270 g/mol. The second-order valence-electron chi connectivity index (χ2n) is 5.38. The van der Waals surface area contributed by atoms with Gasteiger partial charge in [-0.25, -0.2) is 0 Å². The van der Waals surface area contributed by atoms with Crippen molar-refractivity contribution in [1.82, 2.24) is 14.8 Å². The molecular formula is C14H21N5O2. The van der Waals surface area contributed by atoms with Crippen LogP contribution < -0.4 is 5.73 Å². The maximum Gasteiger partial charge on any atom is 0.272 e. The number of nitrogens with zero attached hydrogens (tertiary/aromatic N) is 4. The van der Waals surface area contributed by atoms with Crippen LogP contribution in [0.5, 0.6) is 0 Å². The summed E-state index contributed by atoms with van der Waals surface area (Å²) in [5.41, 5.74) is 6.34. The zero-order chi connectivity index (χ0) is 15.4. The first-order chi connectivity index (χ1) is 10.0. The second-order valence-corrected chi connectivity index (χ2v) is 5.38. The van der Waals surface area contributed by atoms with Gasteiger partial charge < -0.3 is 20.7 Å². The molecule has 114 valence electrons. The number of hydrogen-bond donors (Lipinski definition) is 2. The molecule has 1 saturated heterocycles. The first-order valence-corrected chi connectivity index (χ1v) is 6.96. The van der Waals surface area contributed by atoms with Crippen molar-refractivity contribution in [2.24, 2.45) is 10.9 Å². The molecule has 0 aromatic carbocycles. The van der Waals surface area contributed by atoms with Gasteiger partial charge in [-0.15, -0.1) is 0 Å². The number of carbonyl (C=O) groups is 1. The highest BCUT2D eigenvalue weighted by Crippen LogP contribution is 2.12. The lowest BCUT2D eigenvalue weighted by Gasteiger charge is -2.27. The third-order valence-electron chi connectivity index (χ3n) is 3.69.